The van der Waals surface area contributed by atoms with Crippen molar-refractivity contribution in [2.24, 2.45) is 0 Å². The molecule has 1 aromatic heterocycles. The van der Waals surface area contributed by atoms with Crippen LogP contribution in [0.1, 0.15) is 12.5 Å². The van der Waals surface area contributed by atoms with Crippen LogP contribution in [-0.4, -0.2) is 46.9 Å². The van der Waals surface area contributed by atoms with Gasteiger partial charge in [0.1, 0.15) is 6.42 Å². The van der Waals surface area contributed by atoms with Gasteiger partial charge in [0, 0.05) is 32.6 Å². The van der Waals surface area contributed by atoms with E-state index in [-0.39, 0.29) is 24.5 Å². The van der Waals surface area contributed by atoms with Crippen LogP contribution >= 0.6 is 0 Å². The first kappa shape index (κ1) is 11.6. The fourth-order valence-corrected chi connectivity index (χ4v) is 2.10. The van der Waals surface area contributed by atoms with Crippen molar-refractivity contribution >= 4 is 5.91 Å². The van der Waals surface area contributed by atoms with E-state index >= 15 is 0 Å². The van der Waals surface area contributed by atoms with Gasteiger partial charge < -0.3 is 9.64 Å². The highest BCUT2D eigenvalue weighted by Crippen LogP contribution is 2.24. The molecule has 0 N–H and O–H groups in total. The molecule has 0 aromatic carbocycles. The lowest BCUT2D eigenvalue weighted by Crippen LogP contribution is -2.29. The van der Waals surface area contributed by atoms with Crippen LogP contribution in [0.2, 0.25) is 0 Å². The second kappa shape index (κ2) is 4.97. The minimum absolute atomic E-state index is 0.0256. The van der Waals surface area contributed by atoms with Crippen molar-refractivity contribution in [1.29, 1.82) is 5.26 Å². The summed E-state index contributed by atoms with van der Waals surface area (Å²) in [5.41, 5.74) is 0. The normalized spacial score (nSPS) is 23.6. The van der Waals surface area contributed by atoms with E-state index in [0.717, 1.165) is 0 Å². The van der Waals surface area contributed by atoms with Gasteiger partial charge in [-0.3, -0.25) is 9.48 Å². The Balaban J connectivity index is 2.09. The summed E-state index contributed by atoms with van der Waals surface area (Å²) in [6, 6.07) is 3.74. The average molecular weight is 234 g/mol. The summed E-state index contributed by atoms with van der Waals surface area (Å²) in [7, 11) is 1.62. The van der Waals surface area contributed by atoms with E-state index in [4.69, 9.17) is 10.00 Å². The van der Waals surface area contributed by atoms with Crippen LogP contribution in [-0.2, 0) is 9.53 Å². The Morgan fingerprint density at radius 1 is 1.65 bits per heavy atom. The molecule has 1 aliphatic heterocycles. The average Bonchev–Trinajstić information content (AvgIpc) is 2.97. The summed E-state index contributed by atoms with van der Waals surface area (Å²) >= 11 is 0. The molecule has 17 heavy (non-hydrogen) atoms. The summed E-state index contributed by atoms with van der Waals surface area (Å²) in [6.45, 7) is 1.06. The number of nitriles is 1. The predicted molar refractivity (Wildman–Crippen MR) is 58.9 cm³/mol. The molecular weight excluding hydrogens is 220 g/mol. The van der Waals surface area contributed by atoms with E-state index in [1.54, 1.807) is 22.9 Å². The fourth-order valence-electron chi connectivity index (χ4n) is 2.10. The van der Waals surface area contributed by atoms with Crippen LogP contribution in [0.15, 0.2) is 18.5 Å². The standard InChI is InChI=1S/C11H14N4O2/c1-17-10-8-14(11(16)3-4-12)7-9(10)15-6-2-5-13-15/h2,5-6,9-10H,3,7-8H2,1H3/t9-,10-/m1/s1. The third kappa shape index (κ3) is 2.29. The van der Waals surface area contributed by atoms with Crippen molar-refractivity contribution in [2.75, 3.05) is 20.2 Å². The Morgan fingerprint density at radius 3 is 3.06 bits per heavy atom. The van der Waals surface area contributed by atoms with Crippen LogP contribution in [0.5, 0.6) is 0 Å². The van der Waals surface area contributed by atoms with Gasteiger partial charge in [0.05, 0.1) is 18.2 Å². The number of hydrogen-bond donors (Lipinski definition) is 0. The number of methoxy groups -OCH3 is 1. The van der Waals surface area contributed by atoms with Crippen molar-refractivity contribution in [3.8, 4) is 6.07 Å². The maximum Gasteiger partial charge on any atom is 0.236 e. The molecule has 2 heterocycles. The van der Waals surface area contributed by atoms with Gasteiger partial charge in [0.2, 0.25) is 5.91 Å². The van der Waals surface area contributed by atoms with Crippen LogP contribution in [0.25, 0.3) is 0 Å². The first-order chi connectivity index (χ1) is 8.26. The fraction of sp³-hybridized carbons (Fsp3) is 0.545. The smallest absolute Gasteiger partial charge is 0.236 e. The number of amides is 1. The lowest BCUT2D eigenvalue weighted by Gasteiger charge is -2.16. The van der Waals surface area contributed by atoms with Gasteiger partial charge in [0.25, 0.3) is 0 Å². The largest absolute Gasteiger partial charge is 0.377 e. The summed E-state index contributed by atoms with van der Waals surface area (Å²) < 4.78 is 7.17. The molecule has 2 rings (SSSR count). The number of hydrogen-bond acceptors (Lipinski definition) is 4. The topological polar surface area (TPSA) is 71.2 Å². The summed E-state index contributed by atoms with van der Waals surface area (Å²) in [6.07, 6.45) is 3.40. The first-order valence-corrected chi connectivity index (χ1v) is 5.43. The number of nitrogens with zero attached hydrogens (tertiary/aromatic N) is 4. The molecule has 1 fully saturated rings. The lowest BCUT2D eigenvalue weighted by atomic mass is 10.2. The molecule has 1 aromatic rings. The van der Waals surface area contributed by atoms with E-state index < -0.39 is 0 Å². The highest BCUT2D eigenvalue weighted by Gasteiger charge is 2.36. The van der Waals surface area contributed by atoms with E-state index in [2.05, 4.69) is 5.10 Å². The maximum atomic E-state index is 11.6. The number of likely N-dealkylation sites (tertiary alicyclic amines) is 1. The van der Waals surface area contributed by atoms with Gasteiger partial charge in [-0.25, -0.2) is 0 Å². The lowest BCUT2D eigenvalue weighted by molar-refractivity contribution is -0.129. The zero-order valence-corrected chi connectivity index (χ0v) is 9.61. The molecule has 1 amide bonds. The van der Waals surface area contributed by atoms with E-state index in [0.29, 0.717) is 13.1 Å². The second-order valence-corrected chi connectivity index (χ2v) is 3.96. The van der Waals surface area contributed by atoms with Crippen LogP contribution in [0, 0.1) is 11.3 Å². The van der Waals surface area contributed by atoms with Crippen LogP contribution in [0.3, 0.4) is 0 Å². The van der Waals surface area contributed by atoms with Crippen LogP contribution in [0.4, 0.5) is 0 Å². The van der Waals surface area contributed by atoms with Gasteiger partial charge >= 0.3 is 0 Å². The number of aromatic nitrogens is 2. The van der Waals surface area contributed by atoms with Crippen LogP contribution < -0.4 is 0 Å². The number of carbonyl (C=O) groups is 1. The number of carbonyl (C=O) groups excluding carboxylic acids is 1. The minimum Gasteiger partial charge on any atom is -0.377 e. The van der Waals surface area contributed by atoms with Gasteiger partial charge in [-0.1, -0.05) is 0 Å². The molecule has 0 aliphatic carbocycles. The Kier molecular flexibility index (Phi) is 3.40. The second-order valence-electron chi connectivity index (χ2n) is 3.96. The molecule has 0 saturated carbocycles. The third-order valence-corrected chi connectivity index (χ3v) is 2.99. The zero-order valence-electron chi connectivity index (χ0n) is 9.61. The molecule has 0 unspecified atom stereocenters. The van der Waals surface area contributed by atoms with E-state index in [1.807, 2.05) is 18.3 Å². The highest BCUT2D eigenvalue weighted by atomic mass is 16.5. The van der Waals surface area contributed by atoms with Gasteiger partial charge in [-0.2, -0.15) is 10.4 Å². The Bertz CT molecular complexity index is 423. The highest BCUT2D eigenvalue weighted by molar-refractivity contribution is 5.78. The zero-order chi connectivity index (χ0) is 12.3. The van der Waals surface area contributed by atoms with Gasteiger partial charge in [-0.05, 0) is 6.07 Å². The quantitative estimate of drug-likeness (QED) is 0.748. The molecule has 6 heteroatoms. The van der Waals surface area contributed by atoms with Crippen molar-refractivity contribution in [2.45, 2.75) is 18.6 Å². The Labute approximate surface area is 99.4 Å². The maximum absolute atomic E-state index is 11.6. The molecule has 0 bridgehead atoms. The van der Waals surface area contributed by atoms with Crippen molar-refractivity contribution in [1.82, 2.24) is 14.7 Å². The predicted octanol–water partition coefficient (Wildman–Crippen LogP) is 0.195. The minimum atomic E-state index is -0.149. The van der Waals surface area contributed by atoms with Crippen molar-refractivity contribution in [3.63, 3.8) is 0 Å². The van der Waals surface area contributed by atoms with E-state index in [9.17, 15) is 4.79 Å². The summed E-state index contributed by atoms with van der Waals surface area (Å²) in [5, 5.41) is 12.7. The monoisotopic (exact) mass is 234 g/mol. The van der Waals surface area contributed by atoms with Crippen molar-refractivity contribution < 1.29 is 9.53 Å². The molecule has 0 spiro atoms. The molecular formula is C11H14N4O2. The summed E-state index contributed by atoms with van der Waals surface area (Å²) in [5.74, 6) is -0.149. The molecule has 2 atom stereocenters. The SMILES string of the molecule is CO[C@@H]1CN(C(=O)CC#N)C[C@H]1n1cccn1. The molecule has 1 aliphatic rings. The van der Waals surface area contributed by atoms with Gasteiger partial charge in [0.15, 0.2) is 0 Å². The van der Waals surface area contributed by atoms with E-state index in [1.165, 1.54) is 0 Å². The number of rotatable bonds is 3. The Hall–Kier alpha value is -1.87. The van der Waals surface area contributed by atoms with Gasteiger partial charge in [-0.15, -0.1) is 0 Å². The Morgan fingerprint density at radius 2 is 2.47 bits per heavy atom. The molecule has 1 saturated heterocycles. The molecule has 6 nitrogen and oxygen atoms in total. The summed E-state index contributed by atoms with van der Waals surface area (Å²) in [4.78, 5) is 13.3. The third-order valence-electron chi connectivity index (χ3n) is 2.99. The molecule has 90 valence electrons. The van der Waals surface area contributed by atoms with Crippen molar-refractivity contribution in [3.05, 3.63) is 18.5 Å². The number of ether oxygens (including phenoxy) is 1. The molecule has 0 radical (unpaired) electrons. The first-order valence-electron chi connectivity index (χ1n) is 5.43.